The fourth-order valence-corrected chi connectivity index (χ4v) is 1.70. The molecule has 0 rings (SSSR count). The molecule has 0 aromatic carbocycles. The fourth-order valence-electron chi connectivity index (χ4n) is 0.189. The van der Waals surface area contributed by atoms with E-state index in [2.05, 4.69) is 0 Å². The van der Waals surface area contributed by atoms with Gasteiger partial charge < -0.3 is 0 Å². The molecule has 0 aliphatic heterocycles. The normalized spacial score (nSPS) is 11.0. The lowest BCUT2D eigenvalue weighted by Gasteiger charge is -1.82. The molecule has 0 atom stereocenters. The van der Waals surface area contributed by atoms with Crippen molar-refractivity contribution in [2.24, 2.45) is 0 Å². The second-order valence-electron chi connectivity index (χ2n) is 1.09. The van der Waals surface area contributed by atoms with Crippen LogP contribution in [0.15, 0.2) is 0 Å². The van der Waals surface area contributed by atoms with Crippen molar-refractivity contribution in [1.82, 2.24) is 0 Å². The molecule has 3 heteroatoms. The SMILES string of the molecule is ClCCC[SiH2]Cl. The highest BCUT2D eigenvalue weighted by Crippen LogP contribution is 1.91. The topological polar surface area (TPSA) is 0 Å². The molecule has 0 saturated heterocycles. The molecule has 0 aliphatic carbocycles. The van der Waals surface area contributed by atoms with E-state index in [1.165, 1.54) is 6.04 Å². The zero-order valence-electron chi connectivity index (χ0n) is 3.58. The summed E-state index contributed by atoms with van der Waals surface area (Å²) in [6.07, 6.45) is 1.11. The summed E-state index contributed by atoms with van der Waals surface area (Å²) in [6, 6.07) is 1.19. The molecule has 0 radical (unpaired) electrons. The standard InChI is InChI=1S/C3H8Cl2Si/c4-2-1-3-6-5/h1-3,6H2. The third-order valence-corrected chi connectivity index (χ3v) is 2.35. The third-order valence-electron chi connectivity index (χ3n) is 0.517. The molecule has 0 aromatic rings. The molecule has 0 aromatic heterocycles. The van der Waals surface area contributed by atoms with Crippen LogP contribution in [0.3, 0.4) is 0 Å². The van der Waals surface area contributed by atoms with E-state index in [9.17, 15) is 0 Å². The molecule has 38 valence electrons. The first-order chi connectivity index (χ1) is 2.91. The summed E-state index contributed by atoms with van der Waals surface area (Å²) >= 11 is 10.8. The van der Waals surface area contributed by atoms with Gasteiger partial charge in [0.25, 0.3) is 0 Å². The summed E-state index contributed by atoms with van der Waals surface area (Å²) in [5, 5.41) is 0. The van der Waals surface area contributed by atoms with Gasteiger partial charge in [0.05, 0.1) is 0 Å². The summed E-state index contributed by atoms with van der Waals surface area (Å²) in [7, 11) is -0.209. The van der Waals surface area contributed by atoms with E-state index in [0.717, 1.165) is 12.3 Å². The highest BCUT2D eigenvalue weighted by molar-refractivity contribution is 6.93. The highest BCUT2D eigenvalue weighted by Gasteiger charge is 1.79. The van der Waals surface area contributed by atoms with Crippen LogP contribution >= 0.6 is 22.7 Å². The molecule has 0 amide bonds. The van der Waals surface area contributed by atoms with E-state index in [0.29, 0.717) is 0 Å². The zero-order chi connectivity index (χ0) is 4.83. The summed E-state index contributed by atoms with van der Waals surface area (Å²) in [5.41, 5.74) is 0. The molecule has 0 aliphatic rings. The molecule has 6 heavy (non-hydrogen) atoms. The van der Waals surface area contributed by atoms with Gasteiger partial charge in [-0.3, -0.25) is 0 Å². The Hall–Kier alpha value is 0.797. The predicted octanol–water partition coefficient (Wildman–Crippen LogP) is 1.36. The number of rotatable bonds is 3. The average molecular weight is 143 g/mol. The lowest BCUT2D eigenvalue weighted by atomic mass is 10.6. The molecule has 0 unspecified atom stereocenters. The van der Waals surface area contributed by atoms with E-state index >= 15 is 0 Å². The van der Waals surface area contributed by atoms with Crippen LogP contribution in [-0.4, -0.2) is 14.7 Å². The Morgan fingerprint density at radius 3 is 2.33 bits per heavy atom. The number of alkyl halides is 1. The van der Waals surface area contributed by atoms with Crippen LogP contribution in [0, 0.1) is 0 Å². The second-order valence-corrected chi connectivity index (χ2v) is 3.68. The first-order valence-electron chi connectivity index (χ1n) is 2.03. The van der Waals surface area contributed by atoms with E-state index < -0.39 is 0 Å². The zero-order valence-corrected chi connectivity index (χ0v) is 6.51. The summed E-state index contributed by atoms with van der Waals surface area (Å²) < 4.78 is 0. The molecule has 0 spiro atoms. The van der Waals surface area contributed by atoms with Crippen LogP contribution in [0.4, 0.5) is 0 Å². The van der Waals surface area contributed by atoms with Crippen LogP contribution in [0.2, 0.25) is 6.04 Å². The minimum atomic E-state index is -0.209. The van der Waals surface area contributed by atoms with Crippen molar-refractivity contribution in [3.8, 4) is 0 Å². The van der Waals surface area contributed by atoms with Gasteiger partial charge in [-0.25, -0.2) is 0 Å². The van der Waals surface area contributed by atoms with E-state index in [1.807, 2.05) is 0 Å². The van der Waals surface area contributed by atoms with Crippen molar-refractivity contribution in [1.29, 1.82) is 0 Å². The molecule has 0 N–H and O–H groups in total. The largest absolute Gasteiger partial charge is 0.176 e. The van der Waals surface area contributed by atoms with Gasteiger partial charge in [0.2, 0.25) is 0 Å². The number of hydrogen-bond donors (Lipinski definition) is 0. The minimum Gasteiger partial charge on any atom is -0.176 e. The van der Waals surface area contributed by atoms with Gasteiger partial charge in [-0.2, -0.15) is 11.1 Å². The van der Waals surface area contributed by atoms with Crippen molar-refractivity contribution in [2.45, 2.75) is 12.5 Å². The Labute approximate surface area is 50.4 Å². The molecule has 0 saturated carbocycles. The Morgan fingerprint density at radius 1 is 1.50 bits per heavy atom. The Bertz CT molecular complexity index is 20.8. The summed E-state index contributed by atoms with van der Waals surface area (Å²) in [4.78, 5) is 0. The third kappa shape index (κ3) is 4.80. The van der Waals surface area contributed by atoms with Crippen LogP contribution in [-0.2, 0) is 0 Å². The monoisotopic (exact) mass is 142 g/mol. The quantitative estimate of drug-likeness (QED) is 0.242. The van der Waals surface area contributed by atoms with Gasteiger partial charge in [-0.05, 0) is 12.5 Å². The first-order valence-corrected chi connectivity index (χ1v) is 5.71. The highest BCUT2D eigenvalue weighted by atomic mass is 35.6. The van der Waals surface area contributed by atoms with E-state index in [-0.39, 0.29) is 8.83 Å². The Kier molecular flexibility index (Phi) is 6.57. The second kappa shape index (κ2) is 5.80. The number of halogens is 2. The van der Waals surface area contributed by atoms with Crippen LogP contribution < -0.4 is 0 Å². The van der Waals surface area contributed by atoms with Gasteiger partial charge in [0.15, 0.2) is 0 Å². The number of hydrogen-bond acceptors (Lipinski definition) is 0. The molecular weight excluding hydrogens is 135 g/mol. The lowest BCUT2D eigenvalue weighted by Crippen LogP contribution is -1.77. The fraction of sp³-hybridized carbons (Fsp3) is 1.00. The van der Waals surface area contributed by atoms with Gasteiger partial charge in [-0.1, -0.05) is 0 Å². The van der Waals surface area contributed by atoms with Gasteiger partial charge >= 0.3 is 0 Å². The van der Waals surface area contributed by atoms with Gasteiger partial charge in [0, 0.05) is 5.88 Å². The molecule has 0 fully saturated rings. The van der Waals surface area contributed by atoms with Crippen molar-refractivity contribution in [3.63, 3.8) is 0 Å². The van der Waals surface area contributed by atoms with E-state index in [1.54, 1.807) is 0 Å². The average Bonchev–Trinajstić information content (AvgIpc) is 1.61. The van der Waals surface area contributed by atoms with Crippen molar-refractivity contribution in [2.75, 3.05) is 5.88 Å². The maximum absolute atomic E-state index is 5.46. The molecule has 0 nitrogen and oxygen atoms in total. The van der Waals surface area contributed by atoms with Crippen molar-refractivity contribution < 1.29 is 0 Å². The molecule has 0 bridgehead atoms. The lowest BCUT2D eigenvalue weighted by molar-refractivity contribution is 1.09. The summed E-state index contributed by atoms with van der Waals surface area (Å²) in [5.74, 6) is 0.778. The van der Waals surface area contributed by atoms with Crippen LogP contribution in [0.5, 0.6) is 0 Å². The van der Waals surface area contributed by atoms with Gasteiger partial charge in [-0.15, -0.1) is 11.6 Å². The first kappa shape index (κ1) is 6.80. The Balaban J connectivity index is 2.34. The van der Waals surface area contributed by atoms with Crippen LogP contribution in [0.25, 0.3) is 0 Å². The molecular formula is C3H8Cl2Si. The maximum Gasteiger partial charge on any atom is 0.125 e. The predicted molar refractivity (Wildman–Crippen MR) is 34.5 cm³/mol. The minimum absolute atomic E-state index is 0.209. The van der Waals surface area contributed by atoms with Crippen molar-refractivity contribution >= 4 is 31.5 Å². The van der Waals surface area contributed by atoms with E-state index in [4.69, 9.17) is 22.7 Å². The van der Waals surface area contributed by atoms with Crippen LogP contribution in [0.1, 0.15) is 6.42 Å². The maximum atomic E-state index is 5.46. The van der Waals surface area contributed by atoms with Gasteiger partial charge in [0.1, 0.15) is 8.83 Å². The molecule has 0 heterocycles. The van der Waals surface area contributed by atoms with Crippen molar-refractivity contribution in [3.05, 3.63) is 0 Å². The smallest absolute Gasteiger partial charge is 0.125 e. The Morgan fingerprint density at radius 2 is 2.17 bits per heavy atom. The summed E-state index contributed by atoms with van der Waals surface area (Å²) in [6.45, 7) is 0.